The third kappa shape index (κ3) is 3.59. The van der Waals surface area contributed by atoms with Gasteiger partial charge in [0.05, 0.1) is 7.11 Å². The van der Waals surface area contributed by atoms with E-state index in [4.69, 9.17) is 9.26 Å². The second kappa shape index (κ2) is 7.09. The highest BCUT2D eigenvalue weighted by atomic mass is 16.5. The summed E-state index contributed by atoms with van der Waals surface area (Å²) in [6, 6.07) is 16.2. The molecule has 0 aliphatic carbocycles. The van der Waals surface area contributed by atoms with E-state index >= 15 is 0 Å². The van der Waals surface area contributed by atoms with Crippen LogP contribution >= 0.6 is 0 Å². The normalized spacial score (nSPS) is 10.7. The Morgan fingerprint density at radius 2 is 1.83 bits per heavy atom. The van der Waals surface area contributed by atoms with E-state index in [1.54, 1.807) is 7.11 Å². The highest BCUT2D eigenvalue weighted by molar-refractivity contribution is 5.53. The molecule has 0 aliphatic heterocycles. The van der Waals surface area contributed by atoms with Crippen LogP contribution in [0.5, 0.6) is 5.75 Å². The molecule has 1 heterocycles. The van der Waals surface area contributed by atoms with Crippen molar-refractivity contribution in [1.82, 2.24) is 10.1 Å². The van der Waals surface area contributed by atoms with Gasteiger partial charge in [-0.05, 0) is 30.2 Å². The molecule has 23 heavy (non-hydrogen) atoms. The first-order chi connectivity index (χ1) is 11.3. The minimum Gasteiger partial charge on any atom is -0.496 e. The van der Waals surface area contributed by atoms with Crippen molar-refractivity contribution in [2.24, 2.45) is 0 Å². The summed E-state index contributed by atoms with van der Waals surface area (Å²) in [6.07, 6.45) is 2.81. The Labute approximate surface area is 136 Å². The summed E-state index contributed by atoms with van der Waals surface area (Å²) in [6.45, 7) is 2.18. The van der Waals surface area contributed by atoms with Crippen molar-refractivity contribution in [2.45, 2.75) is 26.2 Å². The van der Waals surface area contributed by atoms with Gasteiger partial charge < -0.3 is 9.26 Å². The molecule has 4 heteroatoms. The van der Waals surface area contributed by atoms with Crippen molar-refractivity contribution in [3.8, 4) is 17.2 Å². The monoisotopic (exact) mass is 308 g/mol. The SMILES string of the molecule is CCCc1ccc(-c2nc(Cc3ccccc3OC)no2)cc1. The van der Waals surface area contributed by atoms with Gasteiger partial charge in [-0.15, -0.1) is 0 Å². The molecule has 0 N–H and O–H groups in total. The Bertz CT molecular complexity index is 763. The van der Waals surface area contributed by atoms with E-state index in [2.05, 4.69) is 29.2 Å². The first-order valence-corrected chi connectivity index (χ1v) is 7.84. The van der Waals surface area contributed by atoms with Crippen LogP contribution in [0.4, 0.5) is 0 Å². The summed E-state index contributed by atoms with van der Waals surface area (Å²) in [7, 11) is 1.67. The second-order valence-electron chi connectivity index (χ2n) is 5.45. The lowest BCUT2D eigenvalue weighted by atomic mass is 10.1. The molecular formula is C19H20N2O2. The highest BCUT2D eigenvalue weighted by Crippen LogP contribution is 2.22. The molecule has 3 rings (SSSR count). The Kier molecular flexibility index (Phi) is 4.71. The molecule has 2 aromatic carbocycles. The minimum atomic E-state index is 0.554. The summed E-state index contributed by atoms with van der Waals surface area (Å²) in [5.41, 5.74) is 3.31. The zero-order valence-electron chi connectivity index (χ0n) is 13.5. The predicted octanol–water partition coefficient (Wildman–Crippen LogP) is 4.29. The van der Waals surface area contributed by atoms with Gasteiger partial charge in [0.2, 0.25) is 0 Å². The maximum absolute atomic E-state index is 5.39. The van der Waals surface area contributed by atoms with Gasteiger partial charge in [-0.1, -0.05) is 48.8 Å². The van der Waals surface area contributed by atoms with E-state index in [0.717, 1.165) is 29.7 Å². The van der Waals surface area contributed by atoms with Gasteiger partial charge in [0.25, 0.3) is 5.89 Å². The number of aryl methyl sites for hydroxylation is 1. The Morgan fingerprint density at radius 3 is 2.57 bits per heavy atom. The number of aromatic nitrogens is 2. The van der Waals surface area contributed by atoms with Crippen LogP contribution in [0.1, 0.15) is 30.3 Å². The number of rotatable bonds is 6. The molecule has 0 atom stereocenters. The topological polar surface area (TPSA) is 48.2 Å². The van der Waals surface area contributed by atoms with Crippen molar-refractivity contribution in [2.75, 3.05) is 7.11 Å². The largest absolute Gasteiger partial charge is 0.496 e. The maximum atomic E-state index is 5.39. The zero-order valence-corrected chi connectivity index (χ0v) is 13.5. The van der Waals surface area contributed by atoms with E-state index in [-0.39, 0.29) is 0 Å². The summed E-state index contributed by atoms with van der Waals surface area (Å²) < 4.78 is 10.8. The first kappa shape index (κ1) is 15.3. The van der Waals surface area contributed by atoms with Crippen molar-refractivity contribution >= 4 is 0 Å². The van der Waals surface area contributed by atoms with Crippen LogP contribution in [0.25, 0.3) is 11.5 Å². The van der Waals surface area contributed by atoms with Crippen LogP contribution in [-0.2, 0) is 12.8 Å². The number of ether oxygens (including phenoxy) is 1. The van der Waals surface area contributed by atoms with Crippen LogP contribution in [0.2, 0.25) is 0 Å². The van der Waals surface area contributed by atoms with Crippen molar-refractivity contribution in [3.63, 3.8) is 0 Å². The molecule has 0 spiro atoms. The third-order valence-corrected chi connectivity index (χ3v) is 3.75. The van der Waals surface area contributed by atoms with E-state index in [1.165, 1.54) is 5.56 Å². The molecule has 0 bridgehead atoms. The molecule has 0 unspecified atom stereocenters. The Hall–Kier alpha value is -2.62. The fraction of sp³-hybridized carbons (Fsp3) is 0.263. The highest BCUT2D eigenvalue weighted by Gasteiger charge is 2.11. The molecule has 1 aromatic heterocycles. The molecule has 0 fully saturated rings. The fourth-order valence-corrected chi connectivity index (χ4v) is 2.57. The summed E-state index contributed by atoms with van der Waals surface area (Å²) in [5.74, 6) is 2.04. The lowest BCUT2D eigenvalue weighted by molar-refractivity contribution is 0.408. The van der Waals surface area contributed by atoms with Crippen molar-refractivity contribution < 1.29 is 9.26 Å². The predicted molar refractivity (Wildman–Crippen MR) is 89.5 cm³/mol. The number of methoxy groups -OCH3 is 1. The summed E-state index contributed by atoms with van der Waals surface area (Å²) in [5, 5.41) is 4.08. The lowest BCUT2D eigenvalue weighted by Crippen LogP contribution is -1.95. The van der Waals surface area contributed by atoms with Crippen molar-refractivity contribution in [3.05, 3.63) is 65.5 Å². The number of hydrogen-bond donors (Lipinski definition) is 0. The van der Waals surface area contributed by atoms with Gasteiger partial charge in [0, 0.05) is 17.5 Å². The molecule has 3 aromatic rings. The molecule has 4 nitrogen and oxygen atoms in total. The fourth-order valence-electron chi connectivity index (χ4n) is 2.57. The molecule has 0 saturated carbocycles. The molecular weight excluding hydrogens is 288 g/mol. The van der Waals surface area contributed by atoms with Crippen LogP contribution in [0.15, 0.2) is 53.1 Å². The van der Waals surface area contributed by atoms with E-state index in [0.29, 0.717) is 18.1 Å². The molecule has 0 radical (unpaired) electrons. The quantitative estimate of drug-likeness (QED) is 0.681. The number of para-hydroxylation sites is 1. The summed E-state index contributed by atoms with van der Waals surface area (Å²) in [4.78, 5) is 4.49. The lowest BCUT2D eigenvalue weighted by Gasteiger charge is -2.05. The first-order valence-electron chi connectivity index (χ1n) is 7.84. The van der Waals surface area contributed by atoms with Crippen LogP contribution in [0.3, 0.4) is 0 Å². The molecule has 118 valence electrons. The van der Waals surface area contributed by atoms with E-state index in [9.17, 15) is 0 Å². The Morgan fingerprint density at radius 1 is 1.04 bits per heavy atom. The molecule has 0 aliphatic rings. The van der Waals surface area contributed by atoms with Gasteiger partial charge in [0.1, 0.15) is 5.75 Å². The minimum absolute atomic E-state index is 0.554. The number of nitrogens with zero attached hydrogens (tertiary/aromatic N) is 2. The molecule has 0 saturated heterocycles. The van der Waals surface area contributed by atoms with Gasteiger partial charge in [-0.25, -0.2) is 0 Å². The second-order valence-corrected chi connectivity index (χ2v) is 5.45. The number of hydrogen-bond acceptors (Lipinski definition) is 4. The van der Waals surface area contributed by atoms with E-state index in [1.807, 2.05) is 36.4 Å². The van der Waals surface area contributed by atoms with Gasteiger partial charge >= 0.3 is 0 Å². The van der Waals surface area contributed by atoms with Gasteiger partial charge in [-0.3, -0.25) is 0 Å². The summed E-state index contributed by atoms with van der Waals surface area (Å²) >= 11 is 0. The smallest absolute Gasteiger partial charge is 0.257 e. The Balaban J connectivity index is 1.77. The van der Waals surface area contributed by atoms with Crippen molar-refractivity contribution in [1.29, 1.82) is 0 Å². The third-order valence-electron chi connectivity index (χ3n) is 3.75. The van der Waals surface area contributed by atoms with Crippen LogP contribution in [0, 0.1) is 0 Å². The zero-order chi connectivity index (χ0) is 16.1. The number of benzene rings is 2. The standard InChI is InChI=1S/C19H20N2O2/c1-3-6-14-9-11-15(12-10-14)19-20-18(21-23-19)13-16-7-4-5-8-17(16)22-2/h4-5,7-12H,3,6,13H2,1-2H3. The maximum Gasteiger partial charge on any atom is 0.257 e. The van der Waals surface area contributed by atoms with Crippen LogP contribution in [-0.4, -0.2) is 17.3 Å². The van der Waals surface area contributed by atoms with Crippen LogP contribution < -0.4 is 4.74 Å². The van der Waals surface area contributed by atoms with Gasteiger partial charge in [-0.2, -0.15) is 4.98 Å². The van der Waals surface area contributed by atoms with Gasteiger partial charge in [0.15, 0.2) is 5.82 Å². The molecule has 0 amide bonds. The average molecular weight is 308 g/mol. The average Bonchev–Trinajstić information content (AvgIpc) is 3.05. The van der Waals surface area contributed by atoms with E-state index < -0.39 is 0 Å².